The highest BCUT2D eigenvalue weighted by Gasteiger charge is 2.16. The highest BCUT2D eigenvalue weighted by Crippen LogP contribution is 2.28. The van der Waals surface area contributed by atoms with Crippen molar-refractivity contribution in [2.75, 3.05) is 43.9 Å². The van der Waals surface area contributed by atoms with Crippen LogP contribution in [-0.2, 0) is 0 Å². The number of nitrogens with zero attached hydrogens (tertiary/aromatic N) is 4. The number of hydrogen-bond donors (Lipinski definition) is 1. The van der Waals surface area contributed by atoms with Crippen LogP contribution in [0.2, 0.25) is 0 Å². The Morgan fingerprint density at radius 1 is 1.05 bits per heavy atom. The normalized spacial score (nSPS) is 16.2. The average Bonchev–Trinajstić information content (AvgIpc) is 2.49. The van der Waals surface area contributed by atoms with Crippen LogP contribution in [0.15, 0.2) is 30.6 Å². The van der Waals surface area contributed by atoms with Gasteiger partial charge in [0, 0.05) is 49.2 Å². The van der Waals surface area contributed by atoms with E-state index in [0.717, 1.165) is 48.8 Å². The number of likely N-dealkylation sites (N-methyl/N-ethyl adjacent to an activating group) is 1. The van der Waals surface area contributed by atoms with Gasteiger partial charge in [0.2, 0.25) is 0 Å². The number of piperazine rings is 1. The Bertz CT molecular complexity index is 632. The van der Waals surface area contributed by atoms with E-state index in [9.17, 15) is 0 Å². The van der Waals surface area contributed by atoms with Gasteiger partial charge in [-0.2, -0.15) is 0 Å². The maximum absolute atomic E-state index is 6.01. The van der Waals surface area contributed by atoms with Gasteiger partial charge in [-0.05, 0) is 32.2 Å². The summed E-state index contributed by atoms with van der Waals surface area (Å²) in [6.07, 6.45) is 3.45. The molecule has 0 unspecified atom stereocenters. The Morgan fingerprint density at radius 3 is 2.48 bits per heavy atom. The van der Waals surface area contributed by atoms with Crippen LogP contribution in [0.3, 0.4) is 0 Å². The summed E-state index contributed by atoms with van der Waals surface area (Å²) >= 11 is 0. The Labute approximate surface area is 125 Å². The monoisotopic (exact) mass is 283 g/mol. The standard InChI is InChI=1S/C16H21N5/c1-12-13(14-5-6-18-11-15(14)17)3-4-16(19-12)21-9-7-20(2)8-10-21/h3-6,11H,7-10,17H2,1-2H3. The third-order valence-corrected chi connectivity index (χ3v) is 4.04. The van der Waals surface area contributed by atoms with Crippen LogP contribution in [0, 0.1) is 6.92 Å². The molecule has 1 aliphatic heterocycles. The number of anilines is 2. The molecule has 2 N–H and O–H groups in total. The second-order valence-corrected chi connectivity index (χ2v) is 5.56. The van der Waals surface area contributed by atoms with Crippen molar-refractivity contribution in [1.82, 2.24) is 14.9 Å². The van der Waals surface area contributed by atoms with Crippen LogP contribution in [0.1, 0.15) is 5.69 Å². The van der Waals surface area contributed by atoms with Gasteiger partial charge in [0.25, 0.3) is 0 Å². The average molecular weight is 283 g/mol. The molecule has 5 nitrogen and oxygen atoms in total. The summed E-state index contributed by atoms with van der Waals surface area (Å²) in [6, 6.07) is 6.14. The van der Waals surface area contributed by atoms with Crippen molar-refractivity contribution in [1.29, 1.82) is 0 Å². The number of nitrogen functional groups attached to an aromatic ring is 1. The molecule has 0 amide bonds. The minimum Gasteiger partial charge on any atom is -0.397 e. The van der Waals surface area contributed by atoms with E-state index >= 15 is 0 Å². The highest BCUT2D eigenvalue weighted by atomic mass is 15.3. The fourth-order valence-corrected chi connectivity index (χ4v) is 2.70. The van der Waals surface area contributed by atoms with E-state index in [2.05, 4.69) is 34.0 Å². The SMILES string of the molecule is Cc1nc(N2CCN(C)CC2)ccc1-c1ccncc1N. The van der Waals surface area contributed by atoms with E-state index in [1.807, 2.05) is 13.0 Å². The first-order chi connectivity index (χ1) is 10.1. The molecule has 2 aromatic rings. The Balaban J connectivity index is 1.88. The molecule has 3 heterocycles. The zero-order valence-electron chi connectivity index (χ0n) is 12.6. The number of rotatable bonds is 2. The molecule has 0 radical (unpaired) electrons. The van der Waals surface area contributed by atoms with Crippen LogP contribution in [0.5, 0.6) is 0 Å². The summed E-state index contributed by atoms with van der Waals surface area (Å²) in [5.74, 6) is 1.05. The Kier molecular flexibility index (Phi) is 3.75. The first-order valence-corrected chi connectivity index (χ1v) is 7.26. The molecule has 110 valence electrons. The quantitative estimate of drug-likeness (QED) is 0.910. The fourth-order valence-electron chi connectivity index (χ4n) is 2.70. The van der Waals surface area contributed by atoms with Crippen molar-refractivity contribution in [2.24, 2.45) is 0 Å². The van der Waals surface area contributed by atoms with Gasteiger partial charge in [-0.1, -0.05) is 0 Å². The van der Waals surface area contributed by atoms with Gasteiger partial charge in [-0.25, -0.2) is 4.98 Å². The lowest BCUT2D eigenvalue weighted by molar-refractivity contribution is 0.312. The van der Waals surface area contributed by atoms with Gasteiger partial charge in [0.1, 0.15) is 5.82 Å². The van der Waals surface area contributed by atoms with Crippen molar-refractivity contribution < 1.29 is 0 Å². The van der Waals surface area contributed by atoms with E-state index in [0.29, 0.717) is 5.69 Å². The summed E-state index contributed by atoms with van der Waals surface area (Å²) in [6.45, 7) is 6.26. The lowest BCUT2D eigenvalue weighted by Crippen LogP contribution is -2.44. The van der Waals surface area contributed by atoms with Crippen LogP contribution < -0.4 is 10.6 Å². The van der Waals surface area contributed by atoms with E-state index in [1.54, 1.807) is 12.4 Å². The smallest absolute Gasteiger partial charge is 0.128 e. The van der Waals surface area contributed by atoms with Crippen molar-refractivity contribution in [3.63, 3.8) is 0 Å². The molecule has 0 aliphatic carbocycles. The summed E-state index contributed by atoms with van der Waals surface area (Å²) in [7, 11) is 2.16. The van der Waals surface area contributed by atoms with Crippen molar-refractivity contribution in [2.45, 2.75) is 6.92 Å². The molecular weight excluding hydrogens is 262 g/mol. The first kappa shape index (κ1) is 13.8. The van der Waals surface area contributed by atoms with Crippen molar-refractivity contribution in [3.05, 3.63) is 36.3 Å². The molecular formula is C16H21N5. The molecule has 1 aliphatic rings. The molecule has 2 aromatic heterocycles. The third-order valence-electron chi connectivity index (χ3n) is 4.04. The van der Waals surface area contributed by atoms with Gasteiger partial charge in [0.15, 0.2) is 0 Å². The maximum atomic E-state index is 6.01. The van der Waals surface area contributed by atoms with Gasteiger partial charge >= 0.3 is 0 Å². The van der Waals surface area contributed by atoms with Crippen molar-refractivity contribution >= 4 is 11.5 Å². The molecule has 1 saturated heterocycles. The van der Waals surface area contributed by atoms with Gasteiger partial charge in [-0.15, -0.1) is 0 Å². The Hall–Kier alpha value is -2.14. The molecule has 5 heteroatoms. The van der Waals surface area contributed by atoms with Crippen LogP contribution in [0.4, 0.5) is 11.5 Å². The lowest BCUT2D eigenvalue weighted by Gasteiger charge is -2.33. The number of aryl methyl sites for hydroxylation is 1. The second-order valence-electron chi connectivity index (χ2n) is 5.56. The zero-order valence-corrected chi connectivity index (χ0v) is 12.6. The molecule has 0 atom stereocenters. The van der Waals surface area contributed by atoms with E-state index < -0.39 is 0 Å². The van der Waals surface area contributed by atoms with E-state index in [4.69, 9.17) is 10.7 Å². The molecule has 0 spiro atoms. The fraction of sp³-hybridized carbons (Fsp3) is 0.375. The molecule has 0 bridgehead atoms. The molecule has 1 fully saturated rings. The predicted octanol–water partition coefficient (Wildman–Crippen LogP) is 1.79. The van der Waals surface area contributed by atoms with Gasteiger partial charge < -0.3 is 15.5 Å². The number of aromatic nitrogens is 2. The number of pyridine rings is 2. The van der Waals surface area contributed by atoms with Gasteiger partial charge in [0.05, 0.1) is 11.9 Å². The van der Waals surface area contributed by atoms with Crippen molar-refractivity contribution in [3.8, 4) is 11.1 Å². The molecule has 21 heavy (non-hydrogen) atoms. The molecule has 0 aromatic carbocycles. The van der Waals surface area contributed by atoms with Crippen LogP contribution in [-0.4, -0.2) is 48.1 Å². The molecule has 3 rings (SSSR count). The predicted molar refractivity (Wildman–Crippen MR) is 86.3 cm³/mol. The summed E-state index contributed by atoms with van der Waals surface area (Å²) < 4.78 is 0. The van der Waals surface area contributed by atoms with E-state index in [1.165, 1.54) is 0 Å². The van der Waals surface area contributed by atoms with Gasteiger partial charge in [-0.3, -0.25) is 4.98 Å². The second kappa shape index (κ2) is 5.69. The minimum absolute atomic E-state index is 0.690. The maximum Gasteiger partial charge on any atom is 0.128 e. The largest absolute Gasteiger partial charge is 0.397 e. The number of nitrogens with two attached hydrogens (primary N) is 1. The Morgan fingerprint density at radius 2 is 1.81 bits per heavy atom. The topological polar surface area (TPSA) is 58.3 Å². The summed E-state index contributed by atoms with van der Waals surface area (Å²) in [5.41, 5.74) is 9.78. The minimum atomic E-state index is 0.690. The lowest BCUT2D eigenvalue weighted by atomic mass is 10.0. The van der Waals surface area contributed by atoms with E-state index in [-0.39, 0.29) is 0 Å². The summed E-state index contributed by atoms with van der Waals surface area (Å²) in [5, 5.41) is 0. The van der Waals surface area contributed by atoms with Crippen LogP contribution in [0.25, 0.3) is 11.1 Å². The summed E-state index contributed by atoms with van der Waals surface area (Å²) in [4.78, 5) is 13.5. The third kappa shape index (κ3) is 2.83. The number of hydrogen-bond acceptors (Lipinski definition) is 5. The van der Waals surface area contributed by atoms with Crippen LogP contribution >= 0.6 is 0 Å². The zero-order chi connectivity index (χ0) is 14.8. The first-order valence-electron chi connectivity index (χ1n) is 7.26. The highest BCUT2D eigenvalue weighted by molar-refractivity contribution is 5.77. The molecule has 0 saturated carbocycles.